The number of aromatic nitrogens is 3. The first-order valence-corrected chi connectivity index (χ1v) is 10.4. The average molecular weight is 419 g/mol. The number of piperazine rings is 1. The van der Waals surface area contributed by atoms with E-state index in [0.29, 0.717) is 37.4 Å². The Morgan fingerprint density at radius 1 is 1.00 bits per heavy atom. The van der Waals surface area contributed by atoms with Gasteiger partial charge in [0, 0.05) is 55.4 Å². The van der Waals surface area contributed by atoms with Crippen molar-refractivity contribution in [3.05, 3.63) is 71.7 Å². The van der Waals surface area contributed by atoms with Crippen LogP contribution in [0.1, 0.15) is 21.7 Å². The van der Waals surface area contributed by atoms with Gasteiger partial charge in [-0.1, -0.05) is 18.2 Å². The van der Waals surface area contributed by atoms with Crippen molar-refractivity contribution in [2.75, 3.05) is 36.4 Å². The van der Waals surface area contributed by atoms with Crippen molar-refractivity contribution in [3.63, 3.8) is 0 Å². The van der Waals surface area contributed by atoms with Crippen LogP contribution in [-0.4, -0.2) is 57.7 Å². The molecule has 0 saturated carbocycles. The third-order valence-corrected chi connectivity index (χ3v) is 5.38. The lowest BCUT2D eigenvalue weighted by molar-refractivity contribution is -0.132. The quantitative estimate of drug-likeness (QED) is 0.688. The first kappa shape index (κ1) is 20.6. The summed E-state index contributed by atoms with van der Waals surface area (Å²) >= 11 is 0. The topological polar surface area (TPSA) is 83.4 Å². The minimum atomic E-state index is -0.155. The minimum Gasteiger partial charge on any atom is -0.353 e. The largest absolute Gasteiger partial charge is 0.353 e. The predicted molar refractivity (Wildman–Crippen MR) is 119 cm³/mol. The van der Waals surface area contributed by atoms with Gasteiger partial charge in [0.2, 0.25) is 5.91 Å². The molecule has 0 radical (unpaired) electrons. The summed E-state index contributed by atoms with van der Waals surface area (Å²) in [5.41, 5.74) is 3.21. The molecular formula is C23H26N6O2. The maximum absolute atomic E-state index is 12.7. The fourth-order valence-electron chi connectivity index (χ4n) is 3.71. The van der Waals surface area contributed by atoms with E-state index in [-0.39, 0.29) is 18.4 Å². The van der Waals surface area contributed by atoms with Crippen molar-refractivity contribution >= 4 is 23.3 Å². The normalized spacial score (nSPS) is 13.9. The van der Waals surface area contributed by atoms with Gasteiger partial charge in [0.1, 0.15) is 12.4 Å². The predicted octanol–water partition coefficient (Wildman–Crippen LogP) is 2.50. The Morgan fingerprint density at radius 2 is 1.74 bits per heavy atom. The first-order chi connectivity index (χ1) is 15.0. The molecule has 0 spiro atoms. The minimum absolute atomic E-state index is 0.0719. The van der Waals surface area contributed by atoms with Crippen molar-refractivity contribution in [3.8, 4) is 0 Å². The first-order valence-electron chi connectivity index (χ1n) is 10.4. The number of benzene rings is 1. The molecule has 1 saturated heterocycles. The summed E-state index contributed by atoms with van der Waals surface area (Å²) in [6.45, 7) is 6.77. The number of nitrogens with zero attached hydrogens (tertiary/aromatic N) is 5. The van der Waals surface area contributed by atoms with Crippen LogP contribution in [0.5, 0.6) is 0 Å². The summed E-state index contributed by atoms with van der Waals surface area (Å²) in [6, 6.07) is 14.7. The van der Waals surface area contributed by atoms with Crippen molar-refractivity contribution < 1.29 is 9.59 Å². The Morgan fingerprint density at radius 3 is 2.42 bits per heavy atom. The zero-order valence-corrected chi connectivity index (χ0v) is 17.8. The van der Waals surface area contributed by atoms with Gasteiger partial charge in [0.05, 0.1) is 5.69 Å². The van der Waals surface area contributed by atoms with Gasteiger partial charge in [-0.3, -0.25) is 14.3 Å². The van der Waals surface area contributed by atoms with E-state index < -0.39 is 0 Å². The molecule has 3 aromatic rings. The van der Waals surface area contributed by atoms with E-state index in [9.17, 15) is 9.59 Å². The molecule has 4 rings (SSSR count). The Kier molecular flexibility index (Phi) is 5.97. The van der Waals surface area contributed by atoms with Crippen molar-refractivity contribution in [1.29, 1.82) is 0 Å². The Labute approximate surface area is 181 Å². The van der Waals surface area contributed by atoms with Crippen molar-refractivity contribution in [2.45, 2.75) is 20.4 Å². The van der Waals surface area contributed by atoms with Crippen LogP contribution in [-0.2, 0) is 11.3 Å². The van der Waals surface area contributed by atoms with Crippen LogP contribution < -0.4 is 10.2 Å². The van der Waals surface area contributed by atoms with E-state index in [1.54, 1.807) is 29.1 Å². The van der Waals surface area contributed by atoms with Crippen LogP contribution in [0.4, 0.5) is 11.5 Å². The monoisotopic (exact) mass is 418 g/mol. The summed E-state index contributed by atoms with van der Waals surface area (Å²) in [4.78, 5) is 33.5. The van der Waals surface area contributed by atoms with Crippen LogP contribution in [0.3, 0.4) is 0 Å². The SMILES string of the molecule is Cc1cc(C)n(CC(=O)N2CCN(c3cc(NC(=O)c4ccccc4)ccn3)CC2)n1. The van der Waals surface area contributed by atoms with Crippen LogP contribution in [0.15, 0.2) is 54.7 Å². The average Bonchev–Trinajstić information content (AvgIpc) is 3.11. The molecule has 1 aliphatic heterocycles. The number of anilines is 2. The number of aryl methyl sites for hydroxylation is 2. The van der Waals surface area contributed by atoms with Gasteiger partial charge in [-0.2, -0.15) is 5.10 Å². The van der Waals surface area contributed by atoms with E-state index in [4.69, 9.17) is 0 Å². The number of pyridine rings is 1. The standard InChI is InChI=1S/C23H26N6O2/c1-17-14-18(2)29(26-17)16-22(30)28-12-10-27(11-13-28)21-15-20(8-9-24-21)25-23(31)19-6-4-3-5-7-19/h3-9,14-15H,10-13,16H2,1-2H3,(H,24,25,31). The molecule has 2 amide bonds. The number of nitrogens with one attached hydrogen (secondary N) is 1. The molecule has 0 unspecified atom stereocenters. The van der Waals surface area contributed by atoms with E-state index in [1.807, 2.05) is 49.1 Å². The van der Waals surface area contributed by atoms with Gasteiger partial charge in [0.15, 0.2) is 0 Å². The summed E-state index contributed by atoms with van der Waals surface area (Å²) in [5.74, 6) is 0.705. The van der Waals surface area contributed by atoms with Gasteiger partial charge < -0.3 is 15.1 Å². The molecule has 1 aromatic carbocycles. The zero-order valence-electron chi connectivity index (χ0n) is 17.8. The number of carbonyl (C=O) groups excluding carboxylic acids is 2. The molecule has 2 aromatic heterocycles. The molecular weight excluding hydrogens is 392 g/mol. The zero-order chi connectivity index (χ0) is 21.8. The van der Waals surface area contributed by atoms with Crippen LogP contribution in [0.25, 0.3) is 0 Å². The molecule has 1 fully saturated rings. The van der Waals surface area contributed by atoms with Gasteiger partial charge in [-0.25, -0.2) is 4.98 Å². The molecule has 0 aliphatic carbocycles. The Hall–Kier alpha value is -3.68. The van der Waals surface area contributed by atoms with Gasteiger partial charge in [-0.15, -0.1) is 0 Å². The summed E-state index contributed by atoms with van der Waals surface area (Å²) in [7, 11) is 0. The maximum atomic E-state index is 12.7. The second-order valence-corrected chi connectivity index (χ2v) is 7.68. The highest BCUT2D eigenvalue weighted by molar-refractivity contribution is 6.04. The molecule has 31 heavy (non-hydrogen) atoms. The van der Waals surface area contributed by atoms with Crippen molar-refractivity contribution in [1.82, 2.24) is 19.7 Å². The summed E-state index contributed by atoms with van der Waals surface area (Å²) in [6.07, 6.45) is 1.69. The number of carbonyl (C=O) groups is 2. The van der Waals surface area contributed by atoms with Crippen LogP contribution in [0.2, 0.25) is 0 Å². The molecule has 1 aliphatic rings. The molecule has 3 heterocycles. The second-order valence-electron chi connectivity index (χ2n) is 7.68. The lowest BCUT2D eigenvalue weighted by atomic mass is 10.2. The molecule has 8 nitrogen and oxygen atoms in total. The van der Waals surface area contributed by atoms with Crippen LogP contribution in [0, 0.1) is 13.8 Å². The smallest absolute Gasteiger partial charge is 0.255 e. The highest BCUT2D eigenvalue weighted by Crippen LogP contribution is 2.19. The molecule has 0 atom stereocenters. The molecule has 0 bridgehead atoms. The van der Waals surface area contributed by atoms with E-state index in [2.05, 4.69) is 20.3 Å². The number of amides is 2. The van der Waals surface area contributed by atoms with Gasteiger partial charge in [-0.05, 0) is 38.1 Å². The summed E-state index contributed by atoms with van der Waals surface area (Å²) in [5, 5.41) is 7.30. The van der Waals surface area contributed by atoms with Gasteiger partial charge >= 0.3 is 0 Å². The lowest BCUT2D eigenvalue weighted by Crippen LogP contribution is -2.50. The number of hydrogen-bond donors (Lipinski definition) is 1. The molecule has 8 heteroatoms. The lowest BCUT2D eigenvalue weighted by Gasteiger charge is -2.35. The summed E-state index contributed by atoms with van der Waals surface area (Å²) < 4.78 is 1.75. The Bertz CT molecular complexity index is 1070. The highest BCUT2D eigenvalue weighted by Gasteiger charge is 2.23. The maximum Gasteiger partial charge on any atom is 0.255 e. The fourth-order valence-corrected chi connectivity index (χ4v) is 3.71. The van der Waals surface area contributed by atoms with E-state index in [1.165, 1.54) is 0 Å². The van der Waals surface area contributed by atoms with Crippen molar-refractivity contribution in [2.24, 2.45) is 0 Å². The molecule has 160 valence electrons. The van der Waals surface area contributed by atoms with Crippen LogP contribution >= 0.6 is 0 Å². The van der Waals surface area contributed by atoms with E-state index >= 15 is 0 Å². The van der Waals surface area contributed by atoms with E-state index in [0.717, 1.165) is 17.2 Å². The highest BCUT2D eigenvalue weighted by atomic mass is 16.2. The third-order valence-electron chi connectivity index (χ3n) is 5.38. The number of hydrogen-bond acceptors (Lipinski definition) is 5. The number of rotatable bonds is 5. The fraction of sp³-hybridized carbons (Fsp3) is 0.304. The molecule has 1 N–H and O–H groups in total. The van der Waals surface area contributed by atoms with Gasteiger partial charge in [0.25, 0.3) is 5.91 Å². The second kappa shape index (κ2) is 8.99. The Balaban J connectivity index is 1.34. The third kappa shape index (κ3) is 4.91.